The average Bonchev–Trinajstić information content (AvgIpc) is 3.15. The summed E-state index contributed by atoms with van der Waals surface area (Å²) < 4.78 is 43.2. The van der Waals surface area contributed by atoms with Gasteiger partial charge in [-0.1, -0.05) is 6.07 Å². The van der Waals surface area contributed by atoms with Gasteiger partial charge in [-0.3, -0.25) is 20.4 Å². The number of nitrogens with zero attached hydrogens (tertiary/aromatic N) is 1. The normalized spacial score (nSPS) is 11.2. The largest absolute Gasteiger partial charge is 0.484 e. The van der Waals surface area contributed by atoms with Gasteiger partial charge in [-0.25, -0.2) is 12.8 Å². The van der Waals surface area contributed by atoms with Crippen molar-refractivity contribution in [2.75, 3.05) is 20.2 Å². The van der Waals surface area contributed by atoms with Crippen LogP contribution in [0.15, 0.2) is 46.0 Å². The number of ether oxygens (including phenoxy) is 1. The molecule has 0 fully saturated rings. The highest BCUT2D eigenvalue weighted by molar-refractivity contribution is 7.91. The molecule has 1 heterocycles. The predicted molar refractivity (Wildman–Crippen MR) is 92.3 cm³/mol. The van der Waals surface area contributed by atoms with Gasteiger partial charge in [-0.15, -0.1) is 11.3 Å². The number of hydrazine groups is 1. The molecule has 2 rings (SSSR count). The van der Waals surface area contributed by atoms with E-state index in [1.165, 1.54) is 37.4 Å². The molecule has 0 aliphatic carbocycles. The van der Waals surface area contributed by atoms with E-state index in [0.717, 1.165) is 15.6 Å². The van der Waals surface area contributed by atoms with Crippen molar-refractivity contribution in [1.82, 2.24) is 15.2 Å². The second kappa shape index (κ2) is 8.74. The maximum atomic E-state index is 12.7. The van der Waals surface area contributed by atoms with Gasteiger partial charge in [-0.05, 0) is 35.7 Å². The Balaban J connectivity index is 1.75. The van der Waals surface area contributed by atoms with E-state index >= 15 is 0 Å². The molecule has 0 bridgehead atoms. The molecule has 0 unspecified atom stereocenters. The van der Waals surface area contributed by atoms with Crippen LogP contribution in [0.2, 0.25) is 0 Å². The number of thiophene rings is 1. The summed E-state index contributed by atoms with van der Waals surface area (Å²) in [5.41, 5.74) is 4.19. The van der Waals surface area contributed by atoms with Crippen molar-refractivity contribution < 1.29 is 27.1 Å². The van der Waals surface area contributed by atoms with Crippen LogP contribution in [0.1, 0.15) is 0 Å². The number of rotatable bonds is 7. The molecular weight excluding hydrogens is 385 g/mol. The number of carbonyl (C=O) groups excluding carboxylic acids is 2. The van der Waals surface area contributed by atoms with Crippen LogP contribution < -0.4 is 15.6 Å². The molecule has 26 heavy (non-hydrogen) atoms. The van der Waals surface area contributed by atoms with Crippen molar-refractivity contribution in [1.29, 1.82) is 0 Å². The summed E-state index contributed by atoms with van der Waals surface area (Å²) >= 11 is 1.04. The maximum absolute atomic E-state index is 12.7. The molecule has 8 nitrogen and oxygen atoms in total. The Hall–Kier alpha value is -2.50. The first-order valence-corrected chi connectivity index (χ1v) is 9.57. The van der Waals surface area contributed by atoms with Crippen LogP contribution >= 0.6 is 11.3 Å². The number of halogens is 1. The average molecular weight is 401 g/mol. The lowest BCUT2D eigenvalue weighted by molar-refractivity contribution is -0.130. The van der Waals surface area contributed by atoms with Gasteiger partial charge in [0.25, 0.3) is 21.8 Å². The fourth-order valence-electron chi connectivity index (χ4n) is 1.75. The Kier molecular flexibility index (Phi) is 6.66. The summed E-state index contributed by atoms with van der Waals surface area (Å²) in [6, 6.07) is 8.09. The zero-order chi connectivity index (χ0) is 19.2. The molecule has 2 aromatic rings. The third kappa shape index (κ3) is 5.51. The Morgan fingerprint density at radius 3 is 2.42 bits per heavy atom. The molecule has 11 heteroatoms. The smallest absolute Gasteiger partial charge is 0.276 e. The van der Waals surface area contributed by atoms with Crippen molar-refractivity contribution >= 4 is 33.2 Å². The van der Waals surface area contributed by atoms with Crippen molar-refractivity contribution in [3.8, 4) is 5.75 Å². The second-order valence-corrected chi connectivity index (χ2v) is 8.25. The van der Waals surface area contributed by atoms with Crippen LogP contribution in [0.25, 0.3) is 0 Å². The van der Waals surface area contributed by atoms with E-state index in [2.05, 4.69) is 10.9 Å². The number of hydrogen-bond donors (Lipinski definition) is 2. The number of carbonyl (C=O) groups is 2. The van der Waals surface area contributed by atoms with Crippen molar-refractivity contribution in [2.45, 2.75) is 4.21 Å². The molecule has 2 N–H and O–H groups in total. The standard InChI is InChI=1S/C15H16FN3O5S2/c1-19(26(22,23)15-3-2-8-25-15)9-13(20)17-18-14(21)10-24-12-6-4-11(16)5-7-12/h2-8H,9-10H2,1H3,(H,17,20)(H,18,21). The van der Waals surface area contributed by atoms with Gasteiger partial charge in [0.2, 0.25) is 0 Å². The molecular formula is C15H16FN3O5S2. The first-order chi connectivity index (χ1) is 12.3. The molecule has 1 aromatic heterocycles. The number of likely N-dealkylation sites (N-methyl/N-ethyl adjacent to an activating group) is 1. The highest BCUT2D eigenvalue weighted by atomic mass is 32.2. The van der Waals surface area contributed by atoms with Crippen LogP contribution in [-0.4, -0.2) is 44.7 Å². The molecule has 2 amide bonds. The first kappa shape index (κ1) is 19.8. The van der Waals surface area contributed by atoms with E-state index in [9.17, 15) is 22.4 Å². The minimum absolute atomic E-state index is 0.115. The molecule has 0 radical (unpaired) electrons. The van der Waals surface area contributed by atoms with E-state index in [0.29, 0.717) is 0 Å². The Morgan fingerprint density at radius 2 is 1.81 bits per heavy atom. The fourth-order valence-corrected chi connectivity index (χ4v) is 4.07. The zero-order valence-electron chi connectivity index (χ0n) is 13.6. The molecule has 0 atom stereocenters. The van der Waals surface area contributed by atoms with E-state index in [4.69, 9.17) is 4.74 Å². The summed E-state index contributed by atoms with van der Waals surface area (Å²) in [5.74, 6) is -1.53. The predicted octanol–water partition coefficient (Wildman–Crippen LogP) is 0.734. The van der Waals surface area contributed by atoms with Crippen molar-refractivity contribution in [3.05, 3.63) is 47.6 Å². The summed E-state index contributed by atoms with van der Waals surface area (Å²) in [5, 5.41) is 1.61. The molecule has 0 aliphatic heterocycles. The van der Waals surface area contributed by atoms with Gasteiger partial charge in [0, 0.05) is 7.05 Å². The van der Waals surface area contributed by atoms with Gasteiger partial charge in [0.05, 0.1) is 6.54 Å². The van der Waals surface area contributed by atoms with Crippen molar-refractivity contribution in [3.63, 3.8) is 0 Å². The second-order valence-electron chi connectivity index (χ2n) is 5.03. The lowest BCUT2D eigenvalue weighted by atomic mass is 10.3. The number of sulfonamides is 1. The van der Waals surface area contributed by atoms with E-state index < -0.39 is 40.8 Å². The minimum atomic E-state index is -3.76. The van der Waals surface area contributed by atoms with Gasteiger partial charge < -0.3 is 4.74 Å². The Morgan fingerprint density at radius 1 is 1.15 bits per heavy atom. The van der Waals surface area contributed by atoms with Gasteiger partial charge >= 0.3 is 0 Å². The van der Waals surface area contributed by atoms with Crippen LogP contribution in [0, 0.1) is 5.82 Å². The van der Waals surface area contributed by atoms with Crippen LogP contribution in [0.4, 0.5) is 4.39 Å². The SMILES string of the molecule is CN(CC(=O)NNC(=O)COc1ccc(F)cc1)S(=O)(=O)c1cccs1. The molecule has 140 valence electrons. The van der Waals surface area contributed by atoms with E-state index in [1.54, 1.807) is 11.4 Å². The molecule has 0 saturated heterocycles. The number of nitrogens with one attached hydrogen (secondary N) is 2. The number of hydrogen-bond acceptors (Lipinski definition) is 6. The van der Waals surface area contributed by atoms with Crippen LogP contribution in [-0.2, 0) is 19.6 Å². The number of benzene rings is 1. The highest BCUT2D eigenvalue weighted by Gasteiger charge is 2.23. The topological polar surface area (TPSA) is 105 Å². The van der Waals surface area contributed by atoms with Crippen molar-refractivity contribution in [2.24, 2.45) is 0 Å². The molecule has 1 aromatic carbocycles. The third-order valence-electron chi connectivity index (χ3n) is 3.05. The van der Waals surface area contributed by atoms with Crippen LogP contribution in [0.3, 0.4) is 0 Å². The summed E-state index contributed by atoms with van der Waals surface area (Å²) in [7, 11) is -2.50. The van der Waals surface area contributed by atoms with Gasteiger partial charge in [-0.2, -0.15) is 4.31 Å². The monoisotopic (exact) mass is 401 g/mol. The fraction of sp³-hybridized carbons (Fsp3) is 0.200. The van der Waals surface area contributed by atoms with Gasteiger partial charge in [0.1, 0.15) is 15.8 Å². The first-order valence-electron chi connectivity index (χ1n) is 7.25. The summed E-state index contributed by atoms with van der Waals surface area (Å²) in [4.78, 5) is 23.4. The third-order valence-corrected chi connectivity index (χ3v) is 6.23. The summed E-state index contributed by atoms with van der Waals surface area (Å²) in [6.45, 7) is -0.880. The molecule has 0 spiro atoms. The lowest BCUT2D eigenvalue weighted by Gasteiger charge is -2.16. The van der Waals surface area contributed by atoms with Crippen LogP contribution in [0.5, 0.6) is 5.75 Å². The highest BCUT2D eigenvalue weighted by Crippen LogP contribution is 2.19. The zero-order valence-corrected chi connectivity index (χ0v) is 15.3. The Labute approximate surface area is 153 Å². The van der Waals surface area contributed by atoms with E-state index in [1.807, 2.05) is 0 Å². The quantitative estimate of drug-likeness (QED) is 0.666. The van der Waals surface area contributed by atoms with Gasteiger partial charge in [0.15, 0.2) is 6.61 Å². The van der Waals surface area contributed by atoms with E-state index in [-0.39, 0.29) is 9.96 Å². The minimum Gasteiger partial charge on any atom is -0.484 e. The lowest BCUT2D eigenvalue weighted by Crippen LogP contribution is -2.48. The maximum Gasteiger partial charge on any atom is 0.276 e. The Bertz CT molecular complexity index is 854. The number of amides is 2. The summed E-state index contributed by atoms with van der Waals surface area (Å²) in [6.07, 6.45) is 0. The molecule has 0 saturated carbocycles. The molecule has 0 aliphatic rings.